The Morgan fingerprint density at radius 2 is 1.76 bits per heavy atom. The molecule has 0 aliphatic heterocycles. The first-order chi connectivity index (χ1) is 9.92. The summed E-state index contributed by atoms with van der Waals surface area (Å²) < 4.78 is 26.3. The van der Waals surface area contributed by atoms with Gasteiger partial charge < -0.3 is 5.32 Å². The number of sulfonamides is 1. The van der Waals surface area contributed by atoms with Crippen molar-refractivity contribution >= 4 is 15.7 Å². The van der Waals surface area contributed by atoms with E-state index in [-0.39, 0.29) is 0 Å². The van der Waals surface area contributed by atoms with Gasteiger partial charge in [-0.1, -0.05) is 20.8 Å². The molecule has 0 saturated heterocycles. The molecule has 2 N–H and O–H groups in total. The first-order valence-corrected chi connectivity index (χ1v) is 9.27. The summed E-state index contributed by atoms with van der Waals surface area (Å²) in [5, 5.41) is 3.53. The third kappa shape index (κ3) is 4.20. The first-order valence-electron chi connectivity index (χ1n) is 7.78. The zero-order chi connectivity index (χ0) is 15.5. The molecule has 1 aliphatic rings. The molecule has 3 unspecified atom stereocenters. The van der Waals surface area contributed by atoms with E-state index < -0.39 is 10.0 Å². The van der Waals surface area contributed by atoms with E-state index in [0.29, 0.717) is 17.5 Å². The monoisotopic (exact) mass is 310 g/mol. The summed E-state index contributed by atoms with van der Waals surface area (Å²) in [7, 11) is -3.35. The fourth-order valence-corrected chi connectivity index (χ4v) is 3.96. The maximum atomic E-state index is 11.9. The second-order valence-electron chi connectivity index (χ2n) is 6.13. The minimum Gasteiger partial charge on any atom is -0.382 e. The van der Waals surface area contributed by atoms with Crippen molar-refractivity contribution in [2.75, 3.05) is 11.9 Å². The molecule has 1 fully saturated rings. The van der Waals surface area contributed by atoms with Gasteiger partial charge in [0.15, 0.2) is 0 Å². The van der Waals surface area contributed by atoms with Crippen LogP contribution < -0.4 is 10.0 Å². The highest BCUT2D eigenvalue weighted by Gasteiger charge is 2.24. The molecule has 0 aromatic heterocycles. The van der Waals surface area contributed by atoms with Crippen LogP contribution in [-0.2, 0) is 10.0 Å². The highest BCUT2D eigenvalue weighted by molar-refractivity contribution is 7.89. The number of anilines is 1. The van der Waals surface area contributed by atoms with E-state index in [2.05, 4.69) is 23.9 Å². The summed E-state index contributed by atoms with van der Waals surface area (Å²) in [5.74, 6) is 1.54. The molecule has 3 atom stereocenters. The van der Waals surface area contributed by atoms with Crippen LogP contribution >= 0.6 is 0 Å². The Hall–Kier alpha value is -1.07. The predicted octanol–water partition coefficient (Wildman–Crippen LogP) is 3.22. The van der Waals surface area contributed by atoms with Crippen molar-refractivity contribution in [3.63, 3.8) is 0 Å². The van der Waals surface area contributed by atoms with Crippen molar-refractivity contribution in [1.29, 1.82) is 0 Å². The van der Waals surface area contributed by atoms with E-state index in [1.807, 2.05) is 12.1 Å². The third-order valence-electron chi connectivity index (χ3n) is 4.47. The van der Waals surface area contributed by atoms with Gasteiger partial charge in [0.1, 0.15) is 0 Å². The van der Waals surface area contributed by atoms with Gasteiger partial charge >= 0.3 is 0 Å². The van der Waals surface area contributed by atoms with Crippen molar-refractivity contribution in [3.05, 3.63) is 24.3 Å². The minimum atomic E-state index is -3.35. The SMILES string of the molecule is CCNS(=O)(=O)c1ccc(NC2CCC(C)C(C)C2)cc1. The summed E-state index contributed by atoms with van der Waals surface area (Å²) >= 11 is 0. The maximum Gasteiger partial charge on any atom is 0.240 e. The largest absolute Gasteiger partial charge is 0.382 e. The van der Waals surface area contributed by atoms with Crippen LogP contribution in [0.2, 0.25) is 0 Å². The van der Waals surface area contributed by atoms with E-state index in [9.17, 15) is 8.42 Å². The van der Waals surface area contributed by atoms with Crippen LogP contribution in [0.1, 0.15) is 40.0 Å². The topological polar surface area (TPSA) is 58.2 Å². The number of rotatable bonds is 5. The molecule has 1 aliphatic carbocycles. The molecular weight excluding hydrogens is 284 g/mol. The molecule has 4 nitrogen and oxygen atoms in total. The fraction of sp³-hybridized carbons (Fsp3) is 0.625. The Bertz CT molecular complexity index is 554. The standard InChI is InChI=1S/C16H26N2O2S/c1-4-17-21(19,20)16-9-7-14(8-10-16)18-15-6-5-12(2)13(3)11-15/h7-10,12-13,15,17-18H,4-6,11H2,1-3H3. The zero-order valence-corrected chi connectivity index (χ0v) is 13.9. The fourth-order valence-electron chi connectivity index (χ4n) is 2.92. The summed E-state index contributed by atoms with van der Waals surface area (Å²) in [6.07, 6.45) is 3.62. The van der Waals surface area contributed by atoms with Gasteiger partial charge in [0, 0.05) is 18.3 Å². The van der Waals surface area contributed by atoms with Crippen LogP contribution in [0, 0.1) is 11.8 Å². The zero-order valence-electron chi connectivity index (χ0n) is 13.1. The average Bonchev–Trinajstić information content (AvgIpc) is 2.43. The Balaban J connectivity index is 2.00. The van der Waals surface area contributed by atoms with E-state index >= 15 is 0 Å². The van der Waals surface area contributed by atoms with E-state index in [1.165, 1.54) is 19.3 Å². The third-order valence-corrected chi connectivity index (χ3v) is 6.03. The van der Waals surface area contributed by atoms with Crippen LogP contribution in [0.5, 0.6) is 0 Å². The molecule has 1 aromatic rings. The lowest BCUT2D eigenvalue weighted by Gasteiger charge is -2.33. The quantitative estimate of drug-likeness (QED) is 0.878. The van der Waals surface area contributed by atoms with Crippen molar-refractivity contribution in [2.24, 2.45) is 11.8 Å². The average molecular weight is 310 g/mol. The maximum absolute atomic E-state index is 11.9. The van der Waals surface area contributed by atoms with Crippen molar-refractivity contribution in [1.82, 2.24) is 4.72 Å². The van der Waals surface area contributed by atoms with E-state index in [0.717, 1.165) is 17.5 Å². The molecule has 0 bridgehead atoms. The normalized spacial score (nSPS) is 26.5. The summed E-state index contributed by atoms with van der Waals surface area (Å²) in [6, 6.07) is 7.52. The molecule has 1 aromatic carbocycles. The molecule has 2 rings (SSSR count). The number of benzene rings is 1. The molecular formula is C16H26N2O2S. The molecule has 21 heavy (non-hydrogen) atoms. The van der Waals surface area contributed by atoms with Crippen LogP contribution in [0.25, 0.3) is 0 Å². The minimum absolute atomic E-state index is 0.320. The smallest absolute Gasteiger partial charge is 0.240 e. The van der Waals surface area contributed by atoms with Gasteiger partial charge in [-0.15, -0.1) is 0 Å². The molecule has 118 valence electrons. The lowest BCUT2D eigenvalue weighted by atomic mass is 9.79. The highest BCUT2D eigenvalue weighted by Crippen LogP contribution is 2.31. The Labute approximate surface area is 128 Å². The van der Waals surface area contributed by atoms with Crippen molar-refractivity contribution < 1.29 is 8.42 Å². The van der Waals surface area contributed by atoms with E-state index in [1.54, 1.807) is 19.1 Å². The molecule has 5 heteroatoms. The van der Waals surface area contributed by atoms with Gasteiger partial charge in [-0.05, 0) is 55.4 Å². The highest BCUT2D eigenvalue weighted by atomic mass is 32.2. The molecule has 0 radical (unpaired) electrons. The Kier molecular flexibility index (Phi) is 5.27. The lowest BCUT2D eigenvalue weighted by Crippen LogP contribution is -2.30. The van der Waals surface area contributed by atoms with Crippen molar-refractivity contribution in [3.8, 4) is 0 Å². The van der Waals surface area contributed by atoms with Gasteiger partial charge in [0.25, 0.3) is 0 Å². The summed E-state index contributed by atoms with van der Waals surface area (Å²) in [6.45, 7) is 6.81. The Morgan fingerprint density at radius 1 is 1.10 bits per heavy atom. The van der Waals surface area contributed by atoms with Crippen LogP contribution in [0.3, 0.4) is 0 Å². The van der Waals surface area contributed by atoms with Crippen molar-refractivity contribution in [2.45, 2.75) is 51.0 Å². The second-order valence-corrected chi connectivity index (χ2v) is 7.90. The van der Waals surface area contributed by atoms with Crippen LogP contribution in [-0.4, -0.2) is 21.0 Å². The number of hydrogen-bond donors (Lipinski definition) is 2. The van der Waals surface area contributed by atoms with Gasteiger partial charge in [-0.2, -0.15) is 0 Å². The Morgan fingerprint density at radius 3 is 2.33 bits per heavy atom. The molecule has 0 amide bonds. The van der Waals surface area contributed by atoms with Gasteiger partial charge in [-0.3, -0.25) is 0 Å². The lowest BCUT2D eigenvalue weighted by molar-refractivity contribution is 0.261. The summed E-state index contributed by atoms with van der Waals surface area (Å²) in [4.78, 5) is 0.320. The van der Waals surface area contributed by atoms with Gasteiger partial charge in [0.2, 0.25) is 10.0 Å². The first kappa shape index (κ1) is 16.3. The molecule has 0 spiro atoms. The molecule has 0 heterocycles. The second kappa shape index (κ2) is 6.79. The molecule has 1 saturated carbocycles. The summed E-state index contributed by atoms with van der Waals surface area (Å²) in [5.41, 5.74) is 0.997. The van der Waals surface area contributed by atoms with Crippen LogP contribution in [0.15, 0.2) is 29.2 Å². The van der Waals surface area contributed by atoms with E-state index in [4.69, 9.17) is 0 Å². The van der Waals surface area contributed by atoms with Crippen LogP contribution in [0.4, 0.5) is 5.69 Å². The number of nitrogens with one attached hydrogen (secondary N) is 2. The van der Waals surface area contributed by atoms with Gasteiger partial charge in [0.05, 0.1) is 4.90 Å². The van der Waals surface area contributed by atoms with Gasteiger partial charge in [-0.25, -0.2) is 13.1 Å². The predicted molar refractivity (Wildman–Crippen MR) is 86.9 cm³/mol. The number of hydrogen-bond acceptors (Lipinski definition) is 3.